The summed E-state index contributed by atoms with van der Waals surface area (Å²) in [4.78, 5) is 14.4. The molecular weight excluding hydrogens is 392 g/mol. The second-order valence-electron chi connectivity index (χ2n) is 6.89. The molecule has 1 N–H and O–H groups in total. The number of hydrogen-bond donors (Lipinski definition) is 1. The van der Waals surface area contributed by atoms with E-state index in [1.165, 1.54) is 0 Å². The Morgan fingerprint density at radius 3 is 2.64 bits per heavy atom. The molecule has 1 aromatic carbocycles. The highest BCUT2D eigenvalue weighted by Gasteiger charge is 2.22. The van der Waals surface area contributed by atoms with Crippen LogP contribution in [0.1, 0.15) is 18.4 Å². The lowest BCUT2D eigenvalue weighted by Gasteiger charge is -2.32. The van der Waals surface area contributed by atoms with E-state index in [4.69, 9.17) is 11.6 Å². The van der Waals surface area contributed by atoms with Crippen molar-refractivity contribution in [3.05, 3.63) is 63.8 Å². The van der Waals surface area contributed by atoms with Gasteiger partial charge in [0.25, 0.3) is 0 Å². The Morgan fingerprint density at radius 1 is 1.14 bits per heavy atom. The van der Waals surface area contributed by atoms with Crippen LogP contribution in [0.5, 0.6) is 0 Å². The lowest BCUT2D eigenvalue weighted by molar-refractivity contribution is -0.121. The number of halogens is 1. The highest BCUT2D eigenvalue weighted by molar-refractivity contribution is 7.08. The zero-order chi connectivity index (χ0) is 19.3. The predicted molar refractivity (Wildman–Crippen MR) is 114 cm³/mol. The summed E-state index contributed by atoms with van der Waals surface area (Å²) >= 11 is 7.86. The van der Waals surface area contributed by atoms with Gasteiger partial charge in [0.2, 0.25) is 5.91 Å². The molecule has 0 unspecified atom stereocenters. The van der Waals surface area contributed by atoms with Crippen molar-refractivity contribution >= 4 is 34.7 Å². The molecule has 4 rings (SSSR count). The normalized spacial score (nSPS) is 14.8. The Labute approximate surface area is 173 Å². The number of aromatic nitrogens is 2. The zero-order valence-electron chi connectivity index (χ0n) is 15.3. The third-order valence-electron chi connectivity index (χ3n) is 4.93. The van der Waals surface area contributed by atoms with Crippen LogP contribution in [0.4, 0.5) is 5.82 Å². The van der Waals surface area contributed by atoms with Crippen LogP contribution in [-0.2, 0) is 11.2 Å². The van der Waals surface area contributed by atoms with Crippen molar-refractivity contribution in [2.24, 2.45) is 0 Å². The molecule has 2 aromatic heterocycles. The maximum absolute atomic E-state index is 12.2. The average molecular weight is 413 g/mol. The molecule has 1 aliphatic rings. The van der Waals surface area contributed by atoms with Gasteiger partial charge in [-0.15, -0.1) is 10.2 Å². The molecule has 0 spiro atoms. The highest BCUT2D eigenvalue weighted by Crippen LogP contribution is 2.26. The monoisotopic (exact) mass is 412 g/mol. The molecule has 0 saturated carbocycles. The Balaban J connectivity index is 1.31. The zero-order valence-corrected chi connectivity index (χ0v) is 16.9. The van der Waals surface area contributed by atoms with Gasteiger partial charge in [-0.2, -0.15) is 11.3 Å². The van der Waals surface area contributed by atoms with Crippen LogP contribution in [0.25, 0.3) is 11.3 Å². The molecule has 5 nitrogen and oxygen atoms in total. The van der Waals surface area contributed by atoms with Crippen molar-refractivity contribution in [3.8, 4) is 11.3 Å². The second-order valence-corrected chi connectivity index (χ2v) is 8.08. The molecule has 1 aliphatic heterocycles. The molecule has 0 atom stereocenters. The summed E-state index contributed by atoms with van der Waals surface area (Å²) in [5, 5.41) is 16.6. The Morgan fingerprint density at radius 2 is 1.96 bits per heavy atom. The van der Waals surface area contributed by atoms with E-state index in [1.807, 2.05) is 53.2 Å². The van der Waals surface area contributed by atoms with Crippen LogP contribution < -0.4 is 10.2 Å². The Bertz CT molecular complexity index is 922. The van der Waals surface area contributed by atoms with Gasteiger partial charge in [-0.1, -0.05) is 29.8 Å². The number of benzene rings is 1. The summed E-state index contributed by atoms with van der Waals surface area (Å²) < 4.78 is 0. The molecular formula is C21H21ClN4OS. The first kappa shape index (κ1) is 18.9. The molecule has 144 valence electrons. The van der Waals surface area contributed by atoms with E-state index < -0.39 is 0 Å². The first-order valence-corrected chi connectivity index (χ1v) is 10.6. The van der Waals surface area contributed by atoms with Crippen molar-refractivity contribution in [1.29, 1.82) is 0 Å². The number of rotatable bonds is 5. The van der Waals surface area contributed by atoms with Crippen molar-refractivity contribution in [3.63, 3.8) is 0 Å². The first-order valence-electron chi connectivity index (χ1n) is 9.33. The van der Waals surface area contributed by atoms with Gasteiger partial charge in [-0.3, -0.25) is 4.79 Å². The number of amides is 1. The van der Waals surface area contributed by atoms with E-state index in [0.717, 1.165) is 48.6 Å². The molecule has 7 heteroatoms. The number of anilines is 1. The van der Waals surface area contributed by atoms with Crippen LogP contribution in [0.2, 0.25) is 5.02 Å². The maximum atomic E-state index is 12.2. The number of carbonyl (C=O) groups is 1. The van der Waals surface area contributed by atoms with Crippen molar-refractivity contribution < 1.29 is 4.79 Å². The molecule has 0 radical (unpaired) electrons. The van der Waals surface area contributed by atoms with Crippen LogP contribution in [0.15, 0.2) is 53.2 Å². The summed E-state index contributed by atoms with van der Waals surface area (Å²) in [5.74, 6) is 0.958. The minimum absolute atomic E-state index is 0.0979. The molecule has 28 heavy (non-hydrogen) atoms. The van der Waals surface area contributed by atoms with Crippen molar-refractivity contribution in [1.82, 2.24) is 15.5 Å². The standard InChI is InChI=1S/C21H21ClN4OS/c22-18-4-2-1-3-17(18)19-5-6-20(25-24-19)26-10-7-16(8-11-26)23-21(27)13-15-9-12-28-14-15/h1-6,9,12,14,16H,7-8,10-11,13H2,(H,23,27). The molecule has 1 amide bonds. The quantitative estimate of drug-likeness (QED) is 0.682. The number of nitrogens with zero attached hydrogens (tertiary/aromatic N) is 3. The summed E-state index contributed by atoms with van der Waals surface area (Å²) in [7, 11) is 0. The topological polar surface area (TPSA) is 58.1 Å². The maximum Gasteiger partial charge on any atom is 0.224 e. The number of carbonyl (C=O) groups excluding carboxylic acids is 1. The SMILES string of the molecule is O=C(Cc1ccsc1)NC1CCN(c2ccc(-c3ccccc3Cl)nn2)CC1. The Kier molecular flexibility index (Phi) is 5.88. The fourth-order valence-corrected chi connectivity index (χ4v) is 4.32. The first-order chi connectivity index (χ1) is 13.7. The van der Waals surface area contributed by atoms with Gasteiger partial charge >= 0.3 is 0 Å². The predicted octanol–water partition coefficient (Wildman–Crippen LogP) is 4.19. The van der Waals surface area contributed by atoms with E-state index in [2.05, 4.69) is 20.4 Å². The fourth-order valence-electron chi connectivity index (χ4n) is 3.42. The minimum atomic E-state index is 0.0979. The number of nitrogens with one attached hydrogen (secondary N) is 1. The Hall–Kier alpha value is -2.44. The minimum Gasteiger partial charge on any atom is -0.355 e. The third kappa shape index (κ3) is 4.51. The fraction of sp³-hybridized carbons (Fsp3) is 0.286. The molecule has 0 bridgehead atoms. The summed E-state index contributed by atoms with van der Waals surface area (Å²) in [6, 6.07) is 13.8. The molecule has 0 aliphatic carbocycles. The number of piperidine rings is 1. The largest absolute Gasteiger partial charge is 0.355 e. The van der Waals surface area contributed by atoms with Crippen LogP contribution in [-0.4, -0.2) is 35.2 Å². The van der Waals surface area contributed by atoms with Gasteiger partial charge in [0.05, 0.1) is 17.1 Å². The average Bonchev–Trinajstić information content (AvgIpc) is 3.22. The molecule has 1 saturated heterocycles. The van der Waals surface area contributed by atoms with E-state index in [0.29, 0.717) is 11.4 Å². The molecule has 3 heterocycles. The van der Waals surface area contributed by atoms with Crippen molar-refractivity contribution in [2.75, 3.05) is 18.0 Å². The van der Waals surface area contributed by atoms with Crippen LogP contribution in [0, 0.1) is 0 Å². The van der Waals surface area contributed by atoms with Crippen LogP contribution >= 0.6 is 22.9 Å². The van der Waals surface area contributed by atoms with Gasteiger partial charge in [0, 0.05) is 24.7 Å². The van der Waals surface area contributed by atoms with E-state index in [-0.39, 0.29) is 11.9 Å². The molecule has 3 aromatic rings. The number of hydrogen-bond acceptors (Lipinski definition) is 5. The summed E-state index contributed by atoms with van der Waals surface area (Å²) in [5.41, 5.74) is 2.73. The van der Waals surface area contributed by atoms with Gasteiger partial charge in [0.1, 0.15) is 0 Å². The highest BCUT2D eigenvalue weighted by atomic mass is 35.5. The van der Waals surface area contributed by atoms with E-state index in [9.17, 15) is 4.79 Å². The summed E-state index contributed by atoms with van der Waals surface area (Å²) in [6.07, 6.45) is 2.27. The van der Waals surface area contributed by atoms with Gasteiger partial charge in [-0.25, -0.2) is 0 Å². The molecule has 1 fully saturated rings. The summed E-state index contributed by atoms with van der Waals surface area (Å²) in [6.45, 7) is 1.70. The lowest BCUT2D eigenvalue weighted by atomic mass is 10.0. The van der Waals surface area contributed by atoms with Gasteiger partial charge in [0.15, 0.2) is 5.82 Å². The van der Waals surface area contributed by atoms with Gasteiger partial charge < -0.3 is 10.2 Å². The van der Waals surface area contributed by atoms with E-state index in [1.54, 1.807) is 11.3 Å². The van der Waals surface area contributed by atoms with Crippen molar-refractivity contribution in [2.45, 2.75) is 25.3 Å². The van der Waals surface area contributed by atoms with E-state index >= 15 is 0 Å². The second kappa shape index (κ2) is 8.71. The lowest BCUT2D eigenvalue weighted by Crippen LogP contribution is -2.45. The smallest absolute Gasteiger partial charge is 0.224 e. The number of thiophene rings is 1. The van der Waals surface area contributed by atoms with Crippen LogP contribution in [0.3, 0.4) is 0 Å². The van der Waals surface area contributed by atoms with Gasteiger partial charge in [-0.05, 0) is 53.4 Å². The third-order valence-corrected chi connectivity index (χ3v) is 5.99.